The van der Waals surface area contributed by atoms with Gasteiger partial charge in [-0.3, -0.25) is 4.79 Å². The maximum Gasteiger partial charge on any atom is 0.196 e. The summed E-state index contributed by atoms with van der Waals surface area (Å²) in [7, 11) is 1.59. The Balaban J connectivity index is 2.27. The van der Waals surface area contributed by atoms with Crippen molar-refractivity contribution in [3.8, 4) is 5.75 Å². The van der Waals surface area contributed by atoms with Crippen LogP contribution >= 0.6 is 0 Å². The SMILES string of the molecule is COCCOc1ccccc1C(=O)c1ccc(F)c(C)c1. The van der Waals surface area contributed by atoms with Gasteiger partial charge in [0.25, 0.3) is 0 Å². The lowest BCUT2D eigenvalue weighted by Crippen LogP contribution is -2.09. The third-order valence-electron chi connectivity index (χ3n) is 3.10. The number of hydrogen-bond acceptors (Lipinski definition) is 3. The minimum Gasteiger partial charge on any atom is -0.490 e. The summed E-state index contributed by atoms with van der Waals surface area (Å²) in [6.45, 7) is 2.44. The van der Waals surface area contributed by atoms with Crippen LogP contribution < -0.4 is 4.74 Å². The Labute approximate surface area is 123 Å². The molecule has 0 saturated carbocycles. The van der Waals surface area contributed by atoms with E-state index in [1.54, 1.807) is 44.4 Å². The van der Waals surface area contributed by atoms with Crippen LogP contribution in [0.3, 0.4) is 0 Å². The molecule has 0 spiro atoms. The Morgan fingerprint density at radius 1 is 1.14 bits per heavy atom. The Bertz CT molecular complexity index is 638. The number of ether oxygens (including phenoxy) is 2. The molecule has 2 aromatic rings. The highest BCUT2D eigenvalue weighted by Crippen LogP contribution is 2.22. The van der Waals surface area contributed by atoms with Crippen molar-refractivity contribution >= 4 is 5.78 Å². The van der Waals surface area contributed by atoms with Gasteiger partial charge in [-0.05, 0) is 42.8 Å². The van der Waals surface area contributed by atoms with E-state index in [1.807, 2.05) is 0 Å². The maximum absolute atomic E-state index is 13.3. The highest BCUT2D eigenvalue weighted by atomic mass is 19.1. The van der Waals surface area contributed by atoms with E-state index < -0.39 is 0 Å². The summed E-state index contributed by atoms with van der Waals surface area (Å²) >= 11 is 0. The largest absolute Gasteiger partial charge is 0.490 e. The van der Waals surface area contributed by atoms with E-state index >= 15 is 0 Å². The van der Waals surface area contributed by atoms with E-state index in [0.29, 0.717) is 35.7 Å². The standard InChI is InChI=1S/C17H17FO3/c1-12-11-13(7-8-15(12)18)17(19)14-5-3-4-6-16(14)21-10-9-20-2/h3-8,11H,9-10H2,1-2H3. The summed E-state index contributed by atoms with van der Waals surface area (Å²) in [5.74, 6) is -0.0103. The van der Waals surface area contributed by atoms with Gasteiger partial charge in [-0.1, -0.05) is 12.1 Å². The third-order valence-corrected chi connectivity index (χ3v) is 3.10. The van der Waals surface area contributed by atoms with E-state index in [1.165, 1.54) is 12.1 Å². The first-order chi connectivity index (χ1) is 10.1. The summed E-state index contributed by atoms with van der Waals surface area (Å²) in [6.07, 6.45) is 0. The van der Waals surface area contributed by atoms with Gasteiger partial charge < -0.3 is 9.47 Å². The molecule has 4 heteroatoms. The molecule has 0 saturated heterocycles. The fraction of sp³-hybridized carbons (Fsp3) is 0.235. The van der Waals surface area contributed by atoms with Crippen LogP contribution in [0.4, 0.5) is 4.39 Å². The van der Waals surface area contributed by atoms with Crippen LogP contribution in [0.1, 0.15) is 21.5 Å². The number of rotatable bonds is 6. The normalized spacial score (nSPS) is 10.4. The highest BCUT2D eigenvalue weighted by Gasteiger charge is 2.15. The average molecular weight is 288 g/mol. The molecule has 0 bridgehead atoms. The Morgan fingerprint density at radius 2 is 1.90 bits per heavy atom. The van der Waals surface area contributed by atoms with Crippen molar-refractivity contribution in [3.63, 3.8) is 0 Å². The maximum atomic E-state index is 13.3. The summed E-state index contributed by atoms with van der Waals surface area (Å²) in [5, 5.41) is 0. The van der Waals surface area contributed by atoms with Crippen LogP contribution in [-0.2, 0) is 4.74 Å². The molecule has 21 heavy (non-hydrogen) atoms. The first-order valence-corrected chi connectivity index (χ1v) is 6.65. The molecule has 0 aliphatic rings. The van der Waals surface area contributed by atoms with E-state index in [0.717, 1.165) is 0 Å². The van der Waals surface area contributed by atoms with Gasteiger partial charge in [-0.15, -0.1) is 0 Å². The molecule has 0 fully saturated rings. The fourth-order valence-electron chi connectivity index (χ4n) is 1.96. The molecule has 0 heterocycles. The molecular weight excluding hydrogens is 271 g/mol. The predicted octanol–water partition coefficient (Wildman–Crippen LogP) is 3.39. The molecule has 2 aromatic carbocycles. The second kappa shape index (κ2) is 6.99. The number of carbonyl (C=O) groups is 1. The summed E-state index contributed by atoms with van der Waals surface area (Å²) in [4.78, 5) is 12.5. The van der Waals surface area contributed by atoms with Crippen molar-refractivity contribution in [2.24, 2.45) is 0 Å². The number of para-hydroxylation sites is 1. The molecule has 0 aromatic heterocycles. The smallest absolute Gasteiger partial charge is 0.196 e. The fourth-order valence-corrected chi connectivity index (χ4v) is 1.96. The lowest BCUT2D eigenvalue weighted by atomic mass is 10.0. The predicted molar refractivity (Wildman–Crippen MR) is 78.4 cm³/mol. The van der Waals surface area contributed by atoms with Crippen molar-refractivity contribution in [1.82, 2.24) is 0 Å². The molecule has 3 nitrogen and oxygen atoms in total. The second-order valence-corrected chi connectivity index (χ2v) is 4.63. The van der Waals surface area contributed by atoms with Crippen molar-refractivity contribution in [3.05, 3.63) is 65.0 Å². The van der Waals surface area contributed by atoms with Gasteiger partial charge in [0.1, 0.15) is 18.2 Å². The molecule has 0 aliphatic carbocycles. The first-order valence-electron chi connectivity index (χ1n) is 6.65. The van der Waals surface area contributed by atoms with Crippen LogP contribution in [0, 0.1) is 12.7 Å². The topological polar surface area (TPSA) is 35.5 Å². The second-order valence-electron chi connectivity index (χ2n) is 4.63. The number of methoxy groups -OCH3 is 1. The quantitative estimate of drug-likeness (QED) is 0.604. The van der Waals surface area contributed by atoms with Crippen LogP contribution in [0.5, 0.6) is 5.75 Å². The van der Waals surface area contributed by atoms with E-state index in [4.69, 9.17) is 9.47 Å². The number of hydrogen-bond donors (Lipinski definition) is 0. The summed E-state index contributed by atoms with van der Waals surface area (Å²) in [6, 6.07) is 11.3. The van der Waals surface area contributed by atoms with Gasteiger partial charge >= 0.3 is 0 Å². The molecule has 0 N–H and O–H groups in total. The number of carbonyl (C=O) groups excluding carboxylic acids is 1. The zero-order valence-electron chi connectivity index (χ0n) is 12.1. The van der Waals surface area contributed by atoms with Crippen molar-refractivity contribution in [2.45, 2.75) is 6.92 Å². The van der Waals surface area contributed by atoms with Crippen LogP contribution in [0.2, 0.25) is 0 Å². The van der Waals surface area contributed by atoms with Gasteiger partial charge in [0.05, 0.1) is 12.2 Å². The Kier molecular flexibility index (Phi) is 5.06. The molecule has 110 valence electrons. The van der Waals surface area contributed by atoms with Gasteiger partial charge in [-0.2, -0.15) is 0 Å². The molecule has 0 aliphatic heterocycles. The van der Waals surface area contributed by atoms with Crippen molar-refractivity contribution in [2.75, 3.05) is 20.3 Å². The van der Waals surface area contributed by atoms with E-state index in [9.17, 15) is 9.18 Å². The number of ketones is 1. The minimum absolute atomic E-state index is 0.189. The molecule has 0 radical (unpaired) electrons. The molecule has 0 atom stereocenters. The van der Waals surface area contributed by atoms with Crippen LogP contribution in [0.15, 0.2) is 42.5 Å². The lowest BCUT2D eigenvalue weighted by molar-refractivity contribution is 0.103. The van der Waals surface area contributed by atoms with Crippen molar-refractivity contribution < 1.29 is 18.7 Å². The summed E-state index contributed by atoms with van der Waals surface area (Å²) < 4.78 is 23.8. The van der Waals surface area contributed by atoms with Gasteiger partial charge in [0, 0.05) is 12.7 Å². The molecular formula is C17H17FO3. The molecule has 2 rings (SSSR count). The minimum atomic E-state index is -0.323. The molecule has 0 amide bonds. The van der Waals surface area contributed by atoms with Crippen LogP contribution in [0.25, 0.3) is 0 Å². The Hall–Kier alpha value is -2.20. The van der Waals surface area contributed by atoms with E-state index in [-0.39, 0.29) is 11.6 Å². The van der Waals surface area contributed by atoms with Crippen molar-refractivity contribution in [1.29, 1.82) is 0 Å². The molecule has 0 unspecified atom stereocenters. The monoisotopic (exact) mass is 288 g/mol. The zero-order chi connectivity index (χ0) is 15.2. The van der Waals surface area contributed by atoms with Gasteiger partial charge in [-0.25, -0.2) is 4.39 Å². The first kappa shape index (κ1) is 15.2. The lowest BCUT2D eigenvalue weighted by Gasteiger charge is -2.11. The Morgan fingerprint density at radius 3 is 2.62 bits per heavy atom. The van der Waals surface area contributed by atoms with Gasteiger partial charge in [0.15, 0.2) is 5.78 Å². The zero-order valence-corrected chi connectivity index (χ0v) is 12.1. The van der Waals surface area contributed by atoms with E-state index in [2.05, 4.69) is 0 Å². The van der Waals surface area contributed by atoms with Gasteiger partial charge in [0.2, 0.25) is 0 Å². The van der Waals surface area contributed by atoms with Crippen LogP contribution in [-0.4, -0.2) is 26.1 Å². The summed E-state index contributed by atoms with van der Waals surface area (Å²) in [5.41, 5.74) is 1.34. The number of aryl methyl sites for hydroxylation is 1. The number of halogens is 1. The third kappa shape index (κ3) is 3.67. The average Bonchev–Trinajstić information content (AvgIpc) is 2.50. The number of benzene rings is 2. The highest BCUT2D eigenvalue weighted by molar-refractivity contribution is 6.10.